The van der Waals surface area contributed by atoms with Crippen molar-refractivity contribution in [3.63, 3.8) is 0 Å². The molecule has 4 rings (SSSR count). The molecule has 0 radical (unpaired) electrons. The highest BCUT2D eigenvalue weighted by atomic mass is 19.1. The molecule has 2 aromatic rings. The molecule has 1 aromatic heterocycles. The Kier molecular flexibility index (Phi) is 4.82. The summed E-state index contributed by atoms with van der Waals surface area (Å²) in [4.78, 5) is 21.9. The topological polar surface area (TPSA) is 111 Å². The van der Waals surface area contributed by atoms with Crippen LogP contribution in [0.4, 0.5) is 20.7 Å². The minimum Gasteiger partial charge on any atom is -0.441 e. The minimum absolute atomic E-state index is 0.177. The van der Waals surface area contributed by atoms with Gasteiger partial charge in [-0.25, -0.2) is 24.7 Å². The van der Waals surface area contributed by atoms with Gasteiger partial charge in [0.1, 0.15) is 18.8 Å². The lowest BCUT2D eigenvalue weighted by atomic mass is 10.0. The molecule has 1 saturated heterocycles. The molecule has 2 aliphatic rings. The van der Waals surface area contributed by atoms with E-state index in [0.717, 1.165) is 22.4 Å². The number of halogens is 1. The fourth-order valence-corrected chi connectivity index (χ4v) is 3.52. The Hall–Kier alpha value is -3.20. The lowest BCUT2D eigenvalue weighted by Gasteiger charge is -2.14. The highest BCUT2D eigenvalue weighted by Crippen LogP contribution is 2.40. The van der Waals surface area contributed by atoms with Crippen molar-refractivity contribution in [3.8, 4) is 11.1 Å². The number of nitrogens with zero attached hydrogens (tertiary/aromatic N) is 4. The van der Waals surface area contributed by atoms with E-state index in [0.29, 0.717) is 12.2 Å². The predicted molar refractivity (Wildman–Crippen MR) is 100 cm³/mol. The molecule has 1 aromatic carbocycles. The molecule has 9 heteroatoms. The predicted octanol–water partition coefficient (Wildman–Crippen LogP) is 3.06. The lowest BCUT2D eigenvalue weighted by Crippen LogP contribution is -2.34. The summed E-state index contributed by atoms with van der Waals surface area (Å²) in [7, 11) is 0. The molecule has 1 amide bonds. The minimum atomic E-state index is -0.887. The summed E-state index contributed by atoms with van der Waals surface area (Å²) < 4.78 is 17.7. The summed E-state index contributed by atoms with van der Waals surface area (Å²) >= 11 is 0. The molecular formula is C19H18FN5O3. The van der Waals surface area contributed by atoms with Gasteiger partial charge in [-0.2, -0.15) is 5.11 Å². The van der Waals surface area contributed by atoms with Gasteiger partial charge in [-0.3, -0.25) is 4.90 Å². The van der Waals surface area contributed by atoms with Gasteiger partial charge in [0.2, 0.25) is 0 Å². The molecule has 28 heavy (non-hydrogen) atoms. The molecule has 0 aliphatic carbocycles. The van der Waals surface area contributed by atoms with Crippen molar-refractivity contribution in [2.75, 3.05) is 18.2 Å². The van der Waals surface area contributed by atoms with Crippen molar-refractivity contribution in [1.29, 1.82) is 5.53 Å². The van der Waals surface area contributed by atoms with E-state index in [2.05, 4.69) is 15.1 Å². The van der Waals surface area contributed by atoms with Crippen molar-refractivity contribution in [1.82, 2.24) is 4.98 Å². The summed E-state index contributed by atoms with van der Waals surface area (Å²) in [6, 6.07) is 8.27. The highest BCUT2D eigenvalue weighted by molar-refractivity contribution is 5.94. The standard InChI is InChI=1S/C19H18FN5O3/c20-7-14(24-21)9-23-18-4-2-12(8-22-18)11-1-3-15-13(5-11)6-16-17(10-26)28-19(27)25(15)16/h1-5,8-9,14,16-17,21,26H,6-7,10H2. The average molecular weight is 383 g/mol. The Labute approximate surface area is 160 Å². The smallest absolute Gasteiger partial charge is 0.415 e. The second-order valence-electron chi connectivity index (χ2n) is 6.62. The summed E-state index contributed by atoms with van der Waals surface area (Å²) in [6.45, 7) is -0.973. The molecule has 2 N–H and O–H groups in total. The number of cyclic esters (lactones) is 1. The number of carbonyl (C=O) groups is 1. The SMILES string of the molecule is N=NC(C=Nc1ccc(-c2ccc3c(c2)CC2C(CO)OC(=O)N32)cn1)CF. The molecule has 2 aliphatic heterocycles. The normalized spacial score (nSPS) is 21.5. The molecule has 0 saturated carbocycles. The Morgan fingerprint density at radius 1 is 1.39 bits per heavy atom. The zero-order valence-corrected chi connectivity index (χ0v) is 14.8. The number of pyridine rings is 1. The number of alkyl halides is 1. The van der Waals surface area contributed by atoms with Gasteiger partial charge in [0.15, 0.2) is 5.82 Å². The molecule has 3 heterocycles. The van der Waals surface area contributed by atoms with Crippen molar-refractivity contribution in [3.05, 3.63) is 42.1 Å². The van der Waals surface area contributed by atoms with Gasteiger partial charge in [-0.05, 0) is 41.8 Å². The number of hydrogen-bond donors (Lipinski definition) is 2. The summed E-state index contributed by atoms with van der Waals surface area (Å²) in [5.74, 6) is 0.404. The monoisotopic (exact) mass is 383 g/mol. The summed E-state index contributed by atoms with van der Waals surface area (Å²) in [5.41, 5.74) is 10.5. The van der Waals surface area contributed by atoms with E-state index in [1.54, 1.807) is 17.2 Å². The van der Waals surface area contributed by atoms with Gasteiger partial charge in [0, 0.05) is 18.0 Å². The number of anilines is 1. The Bertz CT molecular complexity index is 934. The number of ether oxygens (including phenoxy) is 1. The third-order valence-electron chi connectivity index (χ3n) is 4.94. The molecule has 3 atom stereocenters. The number of carbonyl (C=O) groups excluding carboxylic acids is 1. The van der Waals surface area contributed by atoms with E-state index in [1.165, 1.54) is 6.21 Å². The number of fused-ring (bicyclic) bond motifs is 3. The van der Waals surface area contributed by atoms with Crippen molar-refractivity contribution in [2.45, 2.75) is 24.6 Å². The second-order valence-corrected chi connectivity index (χ2v) is 6.62. The van der Waals surface area contributed by atoms with Crippen molar-refractivity contribution >= 4 is 23.8 Å². The van der Waals surface area contributed by atoms with Gasteiger partial charge in [0.25, 0.3) is 0 Å². The first-order valence-electron chi connectivity index (χ1n) is 8.81. The molecule has 1 fully saturated rings. The van der Waals surface area contributed by atoms with Crippen molar-refractivity contribution < 1.29 is 19.0 Å². The van der Waals surface area contributed by atoms with Crippen LogP contribution in [0.3, 0.4) is 0 Å². The number of nitrogens with one attached hydrogen (secondary N) is 1. The van der Waals surface area contributed by atoms with Crippen LogP contribution in [0.1, 0.15) is 5.56 Å². The van der Waals surface area contributed by atoms with Gasteiger partial charge in [0.05, 0.1) is 18.3 Å². The van der Waals surface area contributed by atoms with Crippen LogP contribution >= 0.6 is 0 Å². The molecule has 0 spiro atoms. The molecule has 0 bridgehead atoms. The average Bonchev–Trinajstić information content (AvgIpc) is 3.25. The number of hydrogen-bond acceptors (Lipinski definition) is 7. The van der Waals surface area contributed by atoms with E-state index in [1.807, 2.05) is 24.3 Å². The van der Waals surface area contributed by atoms with Crippen LogP contribution in [0.25, 0.3) is 11.1 Å². The maximum absolute atomic E-state index is 12.5. The van der Waals surface area contributed by atoms with Crippen LogP contribution in [-0.4, -0.2) is 53.9 Å². The van der Waals surface area contributed by atoms with Crippen LogP contribution in [0.2, 0.25) is 0 Å². The molecule has 144 valence electrons. The van der Waals surface area contributed by atoms with Crippen LogP contribution in [0.5, 0.6) is 0 Å². The van der Waals surface area contributed by atoms with E-state index in [9.17, 15) is 14.3 Å². The van der Waals surface area contributed by atoms with Crippen molar-refractivity contribution in [2.24, 2.45) is 10.1 Å². The maximum atomic E-state index is 12.5. The fourth-order valence-electron chi connectivity index (χ4n) is 3.52. The Morgan fingerprint density at radius 2 is 2.21 bits per heavy atom. The van der Waals surface area contributed by atoms with Crippen LogP contribution < -0.4 is 4.90 Å². The first-order chi connectivity index (χ1) is 13.6. The van der Waals surface area contributed by atoms with E-state index in [4.69, 9.17) is 10.3 Å². The van der Waals surface area contributed by atoms with Gasteiger partial charge in [-0.15, -0.1) is 0 Å². The molecule has 8 nitrogen and oxygen atoms in total. The third kappa shape index (κ3) is 3.13. The Morgan fingerprint density at radius 3 is 2.89 bits per heavy atom. The van der Waals surface area contributed by atoms with Gasteiger partial charge < -0.3 is 9.84 Å². The number of benzene rings is 1. The fraction of sp³-hybridized carbons (Fsp3) is 0.316. The van der Waals surface area contributed by atoms with E-state index < -0.39 is 24.9 Å². The second kappa shape index (κ2) is 7.43. The van der Waals surface area contributed by atoms with Crippen LogP contribution in [-0.2, 0) is 11.2 Å². The number of amides is 1. The number of aromatic nitrogens is 1. The Balaban J connectivity index is 1.55. The number of aliphatic imine (C=N–C) groups is 1. The zero-order chi connectivity index (χ0) is 19.7. The number of rotatable bonds is 6. The van der Waals surface area contributed by atoms with Gasteiger partial charge >= 0.3 is 6.09 Å². The van der Waals surface area contributed by atoms with E-state index >= 15 is 0 Å². The quantitative estimate of drug-likeness (QED) is 0.590. The first kappa shape index (κ1) is 18.2. The first-order valence-corrected chi connectivity index (χ1v) is 8.81. The maximum Gasteiger partial charge on any atom is 0.415 e. The number of aliphatic hydroxyl groups excluding tert-OH is 1. The zero-order valence-electron chi connectivity index (χ0n) is 14.8. The third-order valence-corrected chi connectivity index (χ3v) is 4.94. The summed E-state index contributed by atoms with van der Waals surface area (Å²) in [5, 5.41) is 12.5. The molecular weight excluding hydrogens is 365 g/mol. The highest BCUT2D eigenvalue weighted by Gasteiger charge is 2.47. The van der Waals surface area contributed by atoms with Crippen LogP contribution in [0.15, 0.2) is 46.6 Å². The number of aliphatic hydroxyl groups is 1. The van der Waals surface area contributed by atoms with E-state index in [-0.39, 0.29) is 12.6 Å². The largest absolute Gasteiger partial charge is 0.441 e. The van der Waals surface area contributed by atoms with Crippen LogP contribution in [0, 0.1) is 5.53 Å². The lowest BCUT2D eigenvalue weighted by molar-refractivity contribution is 0.0830. The molecule has 3 unspecified atom stereocenters. The summed E-state index contributed by atoms with van der Waals surface area (Å²) in [6.07, 6.45) is 2.61. The van der Waals surface area contributed by atoms with Gasteiger partial charge in [-0.1, -0.05) is 6.07 Å².